The van der Waals surface area contributed by atoms with Crippen molar-refractivity contribution >= 4 is 148 Å². The van der Waals surface area contributed by atoms with E-state index in [1.165, 1.54) is 33.4 Å². The quantitative estimate of drug-likeness (QED) is 0.0468. The molecule has 0 spiro atoms. The van der Waals surface area contributed by atoms with Crippen molar-refractivity contribution in [2.75, 3.05) is 0 Å². The molecule has 0 saturated heterocycles. The van der Waals surface area contributed by atoms with Gasteiger partial charge in [-0.3, -0.25) is 14.8 Å². The minimum Gasteiger partial charge on any atom is -0.366 e. The van der Waals surface area contributed by atoms with Crippen LogP contribution in [0.15, 0.2) is 150 Å². The second-order valence-corrected chi connectivity index (χ2v) is 24.5. The van der Waals surface area contributed by atoms with Crippen LogP contribution in [0.3, 0.4) is 0 Å². The fraction of sp³-hybridized carbons (Fsp3) is 0.192. The molecular weight excluding hydrogens is 1110 g/mol. The normalized spacial score (nSPS) is 10.1. The Morgan fingerprint density at radius 1 is 0.444 bits per heavy atom. The number of halogens is 4. The average Bonchev–Trinajstić information content (AvgIpc) is 3.38. The van der Waals surface area contributed by atoms with Gasteiger partial charge in [-0.2, -0.15) is 0 Å². The number of nitrogens with zero attached hydrogens (tertiary/aromatic N) is 1. The van der Waals surface area contributed by atoms with E-state index in [2.05, 4.69) is 143 Å². The number of nitrogens with two attached hydrogens (primary N) is 1. The summed E-state index contributed by atoms with van der Waals surface area (Å²) in [6.07, 6.45) is 5.78. The summed E-state index contributed by atoms with van der Waals surface area (Å²) in [5.74, 6) is -0.375. The molecular formula is C52H66BCl4N6O2P7. The highest BCUT2D eigenvalue weighted by Gasteiger charge is 2.03. The van der Waals surface area contributed by atoms with Crippen LogP contribution in [0.4, 0.5) is 0 Å². The van der Waals surface area contributed by atoms with Crippen molar-refractivity contribution in [3.8, 4) is 0 Å². The fourth-order valence-corrected chi connectivity index (χ4v) is 6.98. The van der Waals surface area contributed by atoms with Gasteiger partial charge >= 0.3 is 5.20 Å². The average molecular weight is 1180 g/mol. The molecule has 1 amide bonds. The minimum absolute atomic E-state index is 0.0975. The van der Waals surface area contributed by atoms with Gasteiger partial charge in [-0.15, -0.1) is 55.4 Å². The standard InChI is InChI=1S/C9H11BNP.3C9H12NP.C8H9ClNP.C8H10NOP.Cl3OP/c1-7(11-10)9-4-2-8(6-12)3-5-9;3*1-7(10)9-4-2-8(6-11)3-5-9;2*9-8(10)7-3-1-6(5-11)2-4-7;1-5(2,3)4/h2-5H,6,12H2,1H3;3*2-5,10H,6,11H2,1H3;1-4,10H,5,11H2;1-4H,5,11H2,(H2,9,10);. The van der Waals surface area contributed by atoms with Gasteiger partial charge in [-0.25, -0.2) is 0 Å². The Kier molecular flexibility index (Phi) is 38.0. The molecule has 0 aliphatic carbocycles. The summed E-state index contributed by atoms with van der Waals surface area (Å²) in [5, 5.41) is 26.1. The van der Waals surface area contributed by atoms with Crippen molar-refractivity contribution < 1.29 is 9.36 Å². The summed E-state index contributed by atoms with van der Waals surface area (Å²) in [7, 11) is 21.2. The molecule has 6 atom stereocenters. The van der Waals surface area contributed by atoms with Gasteiger partial charge in [-0.1, -0.05) is 145 Å². The van der Waals surface area contributed by atoms with Crippen molar-refractivity contribution in [2.45, 2.75) is 64.7 Å². The Morgan fingerprint density at radius 3 is 0.778 bits per heavy atom. The van der Waals surface area contributed by atoms with Crippen molar-refractivity contribution in [3.63, 3.8) is 0 Å². The maximum atomic E-state index is 10.6. The van der Waals surface area contributed by atoms with Crippen molar-refractivity contribution in [1.82, 2.24) is 0 Å². The van der Waals surface area contributed by atoms with E-state index in [0.717, 1.165) is 70.5 Å². The smallest absolute Gasteiger partial charge is 0.339 e. The zero-order valence-corrected chi connectivity index (χ0v) is 51.8. The van der Waals surface area contributed by atoms with Gasteiger partial charge in [0.2, 0.25) is 5.91 Å². The molecule has 0 bridgehead atoms. The molecule has 0 aromatic heterocycles. The molecule has 0 aliphatic rings. The van der Waals surface area contributed by atoms with Gasteiger partial charge < -0.3 is 26.9 Å². The van der Waals surface area contributed by atoms with Gasteiger partial charge in [0.05, 0.1) is 0 Å². The van der Waals surface area contributed by atoms with E-state index in [4.69, 9.17) is 47.0 Å². The molecule has 6 aromatic carbocycles. The predicted molar refractivity (Wildman–Crippen MR) is 341 cm³/mol. The van der Waals surface area contributed by atoms with Gasteiger partial charge in [0.1, 0.15) is 5.17 Å². The Balaban J connectivity index is 0.000000825. The summed E-state index contributed by atoms with van der Waals surface area (Å²) >= 11 is 19.3. The van der Waals surface area contributed by atoms with Crippen molar-refractivity contribution in [3.05, 3.63) is 212 Å². The van der Waals surface area contributed by atoms with E-state index in [9.17, 15) is 9.36 Å². The molecule has 6 unspecified atom stereocenters. The van der Waals surface area contributed by atoms with Crippen LogP contribution in [0.25, 0.3) is 0 Å². The second kappa shape index (κ2) is 39.6. The number of hydrogen-bond donors (Lipinski definition) is 5. The van der Waals surface area contributed by atoms with Crippen molar-refractivity contribution in [1.29, 1.82) is 21.6 Å². The SMILES string of the molecule is CC(=N)c1ccc(CP)cc1.CC(=N)c1ccc(CP)cc1.CC(=N)c1ccc(CP)cc1.N=C(Cl)c1ccc(CP)cc1.NC(=O)c1ccc(CP)cc1.O=P(Cl)(Cl)Cl.[B]N=C(C)c1ccc(CP)cc1. The lowest BCUT2D eigenvalue weighted by Gasteiger charge is -2.00. The molecule has 2 radical (unpaired) electrons. The number of rotatable bonds is 12. The van der Waals surface area contributed by atoms with Crippen LogP contribution < -0.4 is 5.73 Å². The Hall–Kier alpha value is -2.83. The van der Waals surface area contributed by atoms with E-state index in [1.54, 1.807) is 32.9 Å². The lowest BCUT2D eigenvalue weighted by atomic mass is 10.1. The van der Waals surface area contributed by atoms with Crippen molar-refractivity contribution in [2.24, 2.45) is 10.6 Å². The topological polar surface area (TPSA) is 168 Å². The van der Waals surface area contributed by atoms with Crippen LogP contribution in [0, 0.1) is 21.6 Å². The maximum absolute atomic E-state index is 10.6. The molecule has 0 fully saturated rings. The molecule has 6 rings (SSSR count). The molecule has 20 heteroatoms. The third-order valence-corrected chi connectivity index (χ3v) is 12.6. The Bertz CT molecular complexity index is 2300. The zero-order valence-electron chi connectivity index (χ0n) is 40.9. The number of hydrogen-bond acceptors (Lipinski definition) is 7. The summed E-state index contributed by atoms with van der Waals surface area (Å²) in [6.45, 7) is 7.30. The van der Waals surface area contributed by atoms with E-state index in [0.29, 0.717) is 22.7 Å². The van der Waals surface area contributed by atoms with E-state index in [1.807, 2.05) is 91.9 Å². The highest BCUT2D eigenvalue weighted by Crippen LogP contribution is 2.61. The first-order valence-electron chi connectivity index (χ1n) is 21.9. The van der Waals surface area contributed by atoms with Crippen LogP contribution in [0.2, 0.25) is 0 Å². The summed E-state index contributed by atoms with van der Waals surface area (Å²) in [5.41, 5.74) is 20.8. The Morgan fingerprint density at radius 2 is 0.625 bits per heavy atom. The van der Waals surface area contributed by atoms with Crippen LogP contribution in [0.5, 0.6) is 0 Å². The zero-order chi connectivity index (χ0) is 54.8. The second-order valence-electron chi connectivity index (χ2n) is 15.1. The van der Waals surface area contributed by atoms with Gasteiger partial charge in [0, 0.05) is 34.0 Å². The maximum Gasteiger partial charge on any atom is 0.339 e. The van der Waals surface area contributed by atoms with Crippen LogP contribution in [-0.4, -0.2) is 41.9 Å². The van der Waals surface area contributed by atoms with Crippen LogP contribution in [0.1, 0.15) is 99.3 Å². The summed E-state index contributed by atoms with van der Waals surface area (Å²) in [6, 6.07) is 47.4. The minimum atomic E-state index is -3.22. The van der Waals surface area contributed by atoms with E-state index < -0.39 is 5.20 Å². The third-order valence-electron chi connectivity index (χ3n) is 9.59. The lowest BCUT2D eigenvalue weighted by molar-refractivity contribution is 0.1000. The van der Waals surface area contributed by atoms with Gasteiger partial charge in [0.25, 0.3) is 7.98 Å². The first-order valence-corrected chi connectivity index (χ1v) is 31.6. The first kappa shape index (κ1) is 69.2. The highest BCUT2D eigenvalue weighted by molar-refractivity contribution is 8.24. The number of nitrogens with one attached hydrogen (secondary N) is 4. The molecule has 6 N–H and O–H groups in total. The summed E-state index contributed by atoms with van der Waals surface area (Å²) in [4.78, 5) is 14.2. The van der Waals surface area contributed by atoms with Gasteiger partial charge in [0.15, 0.2) is 0 Å². The first-order chi connectivity index (χ1) is 34.0. The van der Waals surface area contributed by atoms with Gasteiger partial charge in [-0.05, 0) is 166 Å². The van der Waals surface area contributed by atoms with Crippen LogP contribution >= 0.6 is 106 Å². The van der Waals surface area contributed by atoms with E-state index >= 15 is 0 Å². The number of benzene rings is 6. The molecule has 72 heavy (non-hydrogen) atoms. The summed E-state index contributed by atoms with van der Waals surface area (Å²) < 4.78 is 9.51. The van der Waals surface area contributed by atoms with Crippen LogP contribution in [-0.2, 0) is 41.5 Å². The number of carbonyl (C=O) groups is 1. The lowest BCUT2D eigenvalue weighted by Crippen LogP contribution is -2.10. The fourth-order valence-electron chi connectivity index (χ4n) is 5.22. The molecule has 0 heterocycles. The molecule has 8 nitrogen and oxygen atoms in total. The molecule has 6 aromatic rings. The Labute approximate surface area is 463 Å². The highest BCUT2D eigenvalue weighted by atomic mass is 36.0. The number of primary amides is 1. The number of carbonyl (C=O) groups excluding carboxylic acids is 1. The number of amides is 1. The third kappa shape index (κ3) is 32.5. The molecule has 0 saturated carbocycles. The monoisotopic (exact) mass is 1170 g/mol. The van der Waals surface area contributed by atoms with E-state index in [-0.39, 0.29) is 11.1 Å². The molecule has 382 valence electrons. The predicted octanol–water partition coefficient (Wildman–Crippen LogP) is 15.9. The largest absolute Gasteiger partial charge is 0.366 e. The molecule has 0 aliphatic heterocycles.